The van der Waals surface area contributed by atoms with Gasteiger partial charge in [0.1, 0.15) is 17.3 Å². The molecule has 0 radical (unpaired) electrons. The molecule has 0 spiro atoms. The third-order valence-electron chi connectivity index (χ3n) is 5.48. The monoisotopic (exact) mass is 515 g/mol. The first kappa shape index (κ1) is 25.2. The van der Waals surface area contributed by atoms with Crippen molar-refractivity contribution in [3.8, 4) is 23.3 Å². The zero-order chi connectivity index (χ0) is 25.7. The van der Waals surface area contributed by atoms with Crippen LogP contribution in [0.5, 0.6) is 11.5 Å². The van der Waals surface area contributed by atoms with E-state index in [9.17, 15) is 18.0 Å². The van der Waals surface area contributed by atoms with Crippen molar-refractivity contribution in [2.45, 2.75) is 6.36 Å². The Morgan fingerprint density at radius 1 is 1.03 bits per heavy atom. The molecule has 1 fully saturated rings. The van der Waals surface area contributed by atoms with Crippen molar-refractivity contribution in [1.82, 2.24) is 9.88 Å². The summed E-state index contributed by atoms with van der Waals surface area (Å²) in [5.74, 6) is 6.53. The Balaban J connectivity index is 1.46. The zero-order valence-corrected chi connectivity index (χ0v) is 19.9. The summed E-state index contributed by atoms with van der Waals surface area (Å²) in [4.78, 5) is 21.3. The number of nitrogens with zero attached hydrogens (tertiary/aromatic N) is 3. The number of amides is 1. The molecule has 36 heavy (non-hydrogen) atoms. The lowest BCUT2D eigenvalue weighted by molar-refractivity contribution is -0.274. The maximum absolute atomic E-state index is 13.2. The van der Waals surface area contributed by atoms with Crippen molar-refractivity contribution in [3.05, 3.63) is 82.5 Å². The van der Waals surface area contributed by atoms with Gasteiger partial charge in [0.15, 0.2) is 0 Å². The van der Waals surface area contributed by atoms with Gasteiger partial charge in [-0.1, -0.05) is 23.4 Å². The van der Waals surface area contributed by atoms with Crippen LogP contribution in [0.3, 0.4) is 0 Å². The molecule has 1 saturated heterocycles. The van der Waals surface area contributed by atoms with Gasteiger partial charge >= 0.3 is 6.36 Å². The number of alkyl halides is 3. The predicted molar refractivity (Wildman–Crippen MR) is 129 cm³/mol. The lowest BCUT2D eigenvalue weighted by atomic mass is 10.1. The number of pyridine rings is 1. The lowest BCUT2D eigenvalue weighted by Crippen LogP contribution is -2.49. The first-order valence-corrected chi connectivity index (χ1v) is 11.3. The summed E-state index contributed by atoms with van der Waals surface area (Å²) in [6.45, 7) is 2.20. The Kier molecular flexibility index (Phi) is 7.55. The Bertz CT molecular complexity index is 1300. The van der Waals surface area contributed by atoms with E-state index < -0.39 is 6.36 Å². The summed E-state index contributed by atoms with van der Waals surface area (Å²) in [5.41, 5.74) is 1.42. The molecule has 10 heteroatoms. The van der Waals surface area contributed by atoms with Gasteiger partial charge in [0.25, 0.3) is 5.91 Å². The third-order valence-corrected chi connectivity index (χ3v) is 5.78. The Morgan fingerprint density at radius 3 is 2.39 bits per heavy atom. The van der Waals surface area contributed by atoms with Crippen LogP contribution in [-0.2, 0) is 0 Å². The van der Waals surface area contributed by atoms with E-state index >= 15 is 0 Å². The van der Waals surface area contributed by atoms with E-state index in [4.69, 9.17) is 16.3 Å². The van der Waals surface area contributed by atoms with Crippen LogP contribution in [0.2, 0.25) is 5.02 Å². The van der Waals surface area contributed by atoms with Gasteiger partial charge in [0, 0.05) is 43.5 Å². The highest BCUT2D eigenvalue weighted by Crippen LogP contribution is 2.25. The van der Waals surface area contributed by atoms with Crippen molar-refractivity contribution in [2.75, 3.05) is 38.2 Å². The number of carbonyl (C=O) groups is 1. The number of ether oxygens (including phenoxy) is 2. The molecular formula is C26H21ClF3N3O3. The van der Waals surface area contributed by atoms with Crippen molar-refractivity contribution in [3.63, 3.8) is 0 Å². The van der Waals surface area contributed by atoms with E-state index in [1.807, 2.05) is 4.90 Å². The normalized spacial score (nSPS) is 13.6. The molecule has 0 unspecified atom stereocenters. The summed E-state index contributed by atoms with van der Waals surface area (Å²) in [6.07, 6.45) is -3.07. The van der Waals surface area contributed by atoms with Gasteiger partial charge in [0.2, 0.25) is 0 Å². The highest BCUT2D eigenvalue weighted by atomic mass is 35.5. The van der Waals surface area contributed by atoms with E-state index in [1.54, 1.807) is 41.4 Å². The SMILES string of the molecule is COc1ccc(C(=O)N2CCN(c3ncccc3Cl)CC2)cc1C#Cc1ccc(OC(F)(F)F)cc1. The predicted octanol–water partition coefficient (Wildman–Crippen LogP) is 5.00. The minimum atomic E-state index is -4.76. The topological polar surface area (TPSA) is 54.9 Å². The second-order valence-corrected chi connectivity index (χ2v) is 8.23. The van der Waals surface area contributed by atoms with Gasteiger partial charge in [-0.05, 0) is 54.6 Å². The Labute approximate surface area is 211 Å². The van der Waals surface area contributed by atoms with Crippen LogP contribution in [0.15, 0.2) is 60.8 Å². The first-order chi connectivity index (χ1) is 17.2. The molecule has 2 aromatic carbocycles. The number of carbonyl (C=O) groups excluding carboxylic acids is 1. The molecule has 1 aromatic heterocycles. The number of anilines is 1. The molecule has 1 aliphatic heterocycles. The van der Waals surface area contributed by atoms with Crippen LogP contribution >= 0.6 is 11.6 Å². The zero-order valence-electron chi connectivity index (χ0n) is 19.2. The molecule has 0 atom stereocenters. The van der Waals surface area contributed by atoms with E-state index in [0.29, 0.717) is 59.5 Å². The average Bonchev–Trinajstić information content (AvgIpc) is 2.87. The van der Waals surface area contributed by atoms with Crippen LogP contribution in [0.4, 0.5) is 19.0 Å². The molecule has 0 N–H and O–H groups in total. The molecule has 0 bridgehead atoms. The molecule has 0 saturated carbocycles. The van der Waals surface area contributed by atoms with Crippen LogP contribution in [0, 0.1) is 11.8 Å². The Hall–Kier alpha value is -3.90. The fourth-order valence-corrected chi connectivity index (χ4v) is 3.97. The molecule has 0 aliphatic carbocycles. The van der Waals surface area contributed by atoms with Gasteiger partial charge in [-0.3, -0.25) is 4.79 Å². The molecule has 1 aliphatic rings. The molecule has 6 nitrogen and oxygen atoms in total. The van der Waals surface area contributed by atoms with Crippen LogP contribution < -0.4 is 14.4 Å². The van der Waals surface area contributed by atoms with Crippen molar-refractivity contribution >= 4 is 23.3 Å². The smallest absolute Gasteiger partial charge is 0.495 e. The van der Waals surface area contributed by atoms with Gasteiger partial charge in [-0.15, -0.1) is 13.2 Å². The van der Waals surface area contributed by atoms with E-state index in [-0.39, 0.29) is 11.7 Å². The highest BCUT2D eigenvalue weighted by molar-refractivity contribution is 6.32. The number of piperazine rings is 1. The molecule has 2 heterocycles. The number of benzene rings is 2. The summed E-state index contributed by atoms with van der Waals surface area (Å²) < 4.78 is 46.3. The van der Waals surface area contributed by atoms with Gasteiger partial charge in [-0.25, -0.2) is 4.98 Å². The maximum Gasteiger partial charge on any atom is 0.573 e. The molecular weight excluding hydrogens is 495 g/mol. The molecule has 4 rings (SSSR count). The highest BCUT2D eigenvalue weighted by Gasteiger charge is 2.31. The number of halogens is 4. The number of hydrogen-bond donors (Lipinski definition) is 0. The van der Waals surface area contributed by atoms with Crippen LogP contribution in [0.1, 0.15) is 21.5 Å². The Morgan fingerprint density at radius 2 is 1.75 bits per heavy atom. The summed E-state index contributed by atoms with van der Waals surface area (Å²) >= 11 is 6.24. The number of methoxy groups -OCH3 is 1. The number of aromatic nitrogens is 1. The van der Waals surface area contributed by atoms with Gasteiger partial charge in [-0.2, -0.15) is 0 Å². The van der Waals surface area contributed by atoms with E-state index in [2.05, 4.69) is 21.6 Å². The number of rotatable bonds is 4. The van der Waals surface area contributed by atoms with Crippen molar-refractivity contribution in [2.24, 2.45) is 0 Å². The fourth-order valence-electron chi connectivity index (χ4n) is 3.73. The maximum atomic E-state index is 13.2. The fraction of sp³-hybridized carbons (Fsp3) is 0.231. The van der Waals surface area contributed by atoms with Crippen molar-refractivity contribution < 1.29 is 27.4 Å². The standard InChI is InChI=1S/C26H21ClF3N3O3/c1-35-23-11-8-20(17-19(23)7-4-18-5-9-21(10-6-18)36-26(28,29)30)25(34)33-15-13-32(14-16-33)24-22(27)3-2-12-31-24/h2-3,5-6,8-12,17H,13-16H2,1H3. The lowest BCUT2D eigenvalue weighted by Gasteiger charge is -2.35. The molecule has 3 aromatic rings. The largest absolute Gasteiger partial charge is 0.573 e. The quantitative estimate of drug-likeness (QED) is 0.458. The molecule has 186 valence electrons. The molecule has 1 amide bonds. The summed E-state index contributed by atoms with van der Waals surface area (Å²) in [7, 11) is 1.49. The van der Waals surface area contributed by atoms with Gasteiger partial charge in [0.05, 0.1) is 17.7 Å². The number of hydrogen-bond acceptors (Lipinski definition) is 5. The minimum absolute atomic E-state index is 0.138. The average molecular weight is 516 g/mol. The summed E-state index contributed by atoms with van der Waals surface area (Å²) in [5, 5.41) is 0.568. The van der Waals surface area contributed by atoms with Crippen LogP contribution in [0.25, 0.3) is 0 Å². The van der Waals surface area contributed by atoms with E-state index in [0.717, 1.165) is 0 Å². The first-order valence-electron chi connectivity index (χ1n) is 10.9. The van der Waals surface area contributed by atoms with Gasteiger partial charge < -0.3 is 19.3 Å². The van der Waals surface area contributed by atoms with Crippen molar-refractivity contribution in [1.29, 1.82) is 0 Å². The minimum Gasteiger partial charge on any atom is -0.495 e. The third kappa shape index (κ3) is 6.20. The van der Waals surface area contributed by atoms with Crippen LogP contribution in [-0.4, -0.2) is 55.4 Å². The summed E-state index contributed by atoms with van der Waals surface area (Å²) in [6, 6.07) is 13.8. The second kappa shape index (κ2) is 10.8. The second-order valence-electron chi connectivity index (χ2n) is 7.83. The van der Waals surface area contributed by atoms with E-state index in [1.165, 1.54) is 31.4 Å².